The molecule has 0 amide bonds. The van der Waals surface area contributed by atoms with E-state index in [0.717, 1.165) is 50.9 Å². The summed E-state index contributed by atoms with van der Waals surface area (Å²) in [6.45, 7) is 5.42. The molecular weight excluding hydrogens is 957 g/mol. The number of fused-ring (bicyclic) bond motifs is 12. The molecule has 0 radical (unpaired) electrons. The Morgan fingerprint density at radius 2 is 0.684 bits per heavy atom. The molecule has 0 fully saturated rings. The smallest absolute Gasteiger partial charge is 0.0702 e. The first-order chi connectivity index (χ1) is 39.2. The van der Waals surface area contributed by atoms with E-state index < -0.39 is 0 Å². The number of anilines is 6. The van der Waals surface area contributed by atoms with Crippen LogP contribution in [0.3, 0.4) is 0 Å². The zero-order chi connectivity index (χ0) is 52.8. The lowest BCUT2D eigenvalue weighted by Gasteiger charge is -2.31. The molecule has 0 saturated heterocycles. The van der Waals surface area contributed by atoms with Gasteiger partial charge in [0.15, 0.2) is 0 Å². The molecular formula is C75H54N4. The maximum Gasteiger partial charge on any atom is 0.0702 e. The van der Waals surface area contributed by atoms with Crippen LogP contribution in [-0.2, 0) is 0 Å². The average Bonchev–Trinajstić information content (AvgIpc) is 4.20. The Morgan fingerprint density at radius 1 is 0.304 bits per heavy atom. The van der Waals surface area contributed by atoms with Gasteiger partial charge in [0, 0.05) is 43.7 Å². The molecule has 2 heterocycles. The molecule has 0 aliphatic rings. The molecule has 79 heavy (non-hydrogen) atoms. The maximum absolute atomic E-state index is 3.46. The molecule has 2 aromatic heterocycles. The highest BCUT2D eigenvalue weighted by Crippen LogP contribution is 2.50. The van der Waals surface area contributed by atoms with E-state index in [9.17, 15) is 0 Å². The van der Waals surface area contributed by atoms with Crippen LogP contribution in [0.4, 0.5) is 34.1 Å². The van der Waals surface area contributed by atoms with E-state index in [1.165, 1.54) is 81.3 Å². The van der Waals surface area contributed by atoms with Crippen molar-refractivity contribution < 1.29 is 0 Å². The Kier molecular flexibility index (Phi) is 11.9. The summed E-state index contributed by atoms with van der Waals surface area (Å²) in [7, 11) is 0. The van der Waals surface area contributed by atoms with Crippen molar-refractivity contribution >= 4 is 121 Å². The first-order valence-electron chi connectivity index (χ1n) is 27.1. The fourth-order valence-corrected chi connectivity index (χ4v) is 12.2. The largest absolute Gasteiger partial charge is 0.308 e. The first-order valence-corrected chi connectivity index (χ1v) is 27.1. The summed E-state index contributed by atoms with van der Waals surface area (Å²) in [5.74, 6) is 0. The van der Waals surface area contributed by atoms with Gasteiger partial charge in [-0.15, -0.1) is 0 Å². The zero-order valence-electron chi connectivity index (χ0n) is 43.8. The molecule has 0 aliphatic carbocycles. The first kappa shape index (κ1) is 47.1. The van der Waals surface area contributed by atoms with Gasteiger partial charge < -0.3 is 18.9 Å². The Bertz CT molecular complexity index is 4740. The second-order valence-electron chi connectivity index (χ2n) is 20.0. The van der Waals surface area contributed by atoms with Gasteiger partial charge in [0.25, 0.3) is 0 Å². The van der Waals surface area contributed by atoms with E-state index in [1.807, 2.05) is 19.1 Å². The third-order valence-electron chi connectivity index (χ3n) is 15.5. The molecule has 0 aliphatic heterocycles. The van der Waals surface area contributed by atoms with E-state index in [1.54, 1.807) is 6.08 Å². The summed E-state index contributed by atoms with van der Waals surface area (Å²) in [4.78, 5) is 4.99. The van der Waals surface area contributed by atoms with Gasteiger partial charge in [0.2, 0.25) is 0 Å². The summed E-state index contributed by atoms with van der Waals surface area (Å²) in [5, 5.41) is 14.4. The summed E-state index contributed by atoms with van der Waals surface area (Å²) in [5.41, 5.74) is 13.4. The summed E-state index contributed by atoms with van der Waals surface area (Å²) >= 11 is 0. The normalized spacial score (nSPS) is 11.6. The van der Waals surface area contributed by atoms with Gasteiger partial charge in [-0.1, -0.05) is 219 Å². The van der Waals surface area contributed by atoms with Gasteiger partial charge >= 0.3 is 0 Å². The zero-order valence-corrected chi connectivity index (χ0v) is 43.8. The van der Waals surface area contributed by atoms with Gasteiger partial charge in [0.1, 0.15) is 0 Å². The topological polar surface area (TPSA) is 16.3 Å². The monoisotopic (exact) mass is 1010 g/mol. The molecule has 4 heteroatoms. The molecule has 0 bridgehead atoms. The van der Waals surface area contributed by atoms with Crippen molar-refractivity contribution in [1.29, 1.82) is 0 Å². The second-order valence-corrected chi connectivity index (χ2v) is 20.0. The van der Waals surface area contributed by atoms with Crippen molar-refractivity contribution in [2.24, 2.45) is 0 Å². The van der Waals surface area contributed by atoms with Crippen molar-refractivity contribution in [2.75, 3.05) is 9.80 Å². The Morgan fingerprint density at radius 3 is 1.14 bits per heavy atom. The van der Waals surface area contributed by atoms with Crippen molar-refractivity contribution in [2.45, 2.75) is 6.92 Å². The molecule has 0 atom stereocenters. The van der Waals surface area contributed by atoms with E-state index in [2.05, 4.69) is 305 Å². The highest BCUT2D eigenvalue weighted by Gasteiger charge is 2.26. The fourth-order valence-electron chi connectivity index (χ4n) is 12.2. The quantitative estimate of drug-likeness (QED) is 0.106. The van der Waals surface area contributed by atoms with Gasteiger partial charge in [0.05, 0.1) is 56.2 Å². The summed E-state index contributed by atoms with van der Waals surface area (Å²) in [6.07, 6.45) is 5.58. The number of nitrogens with zero attached hydrogens (tertiary/aromatic N) is 4. The van der Waals surface area contributed by atoms with Crippen LogP contribution in [-0.4, -0.2) is 9.13 Å². The molecule has 0 unspecified atom stereocenters. The predicted octanol–water partition coefficient (Wildman–Crippen LogP) is 21.2. The number of hydrogen-bond donors (Lipinski definition) is 0. The van der Waals surface area contributed by atoms with Gasteiger partial charge in [-0.2, -0.15) is 0 Å². The SMILES string of the molecule is C=C/C=C\C.c1ccc(N(c2ccccc2-n2c3ccccc3c3ccccc32)c2cc3cc(N(c4ccc5ccccc5c4)c4ccccc4-n4c5ccccc5c5ccccc54)c4ccccc4c3c3ccccc23)cc1. The lowest BCUT2D eigenvalue weighted by atomic mass is 9.93. The molecule has 4 nitrogen and oxygen atoms in total. The minimum absolute atomic E-state index is 1.07. The number of para-hydroxylation sites is 9. The Hall–Kier alpha value is -10.4. The second kappa shape index (κ2) is 19.9. The van der Waals surface area contributed by atoms with Crippen LogP contribution in [0.5, 0.6) is 0 Å². The number of rotatable bonds is 9. The number of allylic oxidation sites excluding steroid dienone is 3. The van der Waals surface area contributed by atoms with E-state index in [-0.39, 0.29) is 0 Å². The molecule has 0 spiro atoms. The van der Waals surface area contributed by atoms with Crippen molar-refractivity contribution in [1.82, 2.24) is 9.13 Å². The number of aromatic nitrogens is 2. The van der Waals surface area contributed by atoms with Gasteiger partial charge in [-0.3, -0.25) is 0 Å². The van der Waals surface area contributed by atoms with E-state index in [4.69, 9.17) is 0 Å². The van der Waals surface area contributed by atoms with Gasteiger partial charge in [-0.25, -0.2) is 0 Å². The Labute approximate surface area is 459 Å². The molecule has 15 aromatic rings. The highest BCUT2D eigenvalue weighted by atomic mass is 15.2. The molecule has 374 valence electrons. The molecule has 0 N–H and O–H groups in total. The average molecular weight is 1010 g/mol. The molecule has 13 aromatic carbocycles. The lowest BCUT2D eigenvalue weighted by Crippen LogP contribution is -2.14. The standard InChI is InChI=1S/C70H46N4.C5H8/c1-2-24-50(25-3-1)71(64-38-18-20-40-66(64)73-60-34-14-10-26-52(60)53-27-11-15-35-61(53)73)68-45-49-46-69(57-31-7-9-33-59(57)70(49)58-32-8-6-30-56(58)68)72(51-43-42-47-22-4-5-23-48(47)44-51)65-39-19-21-41-67(65)74-62-36-16-12-28-54(62)55-29-13-17-37-63(55)74;1-3-5-4-2/h1-46H;3-5H,1H2,2H3/b;5-4-. The van der Waals surface area contributed by atoms with Crippen LogP contribution in [0.15, 0.2) is 304 Å². The van der Waals surface area contributed by atoms with Crippen LogP contribution in [0.1, 0.15) is 6.92 Å². The third kappa shape index (κ3) is 7.92. The van der Waals surface area contributed by atoms with Crippen LogP contribution in [0.2, 0.25) is 0 Å². The predicted molar refractivity (Wildman–Crippen MR) is 340 cm³/mol. The third-order valence-corrected chi connectivity index (χ3v) is 15.5. The number of hydrogen-bond acceptors (Lipinski definition) is 2. The van der Waals surface area contributed by atoms with Gasteiger partial charge in [-0.05, 0) is 124 Å². The Balaban J connectivity index is 0.00000108. The van der Waals surface area contributed by atoms with Crippen molar-refractivity contribution in [3.8, 4) is 11.4 Å². The lowest BCUT2D eigenvalue weighted by molar-refractivity contribution is 1.15. The van der Waals surface area contributed by atoms with Crippen LogP contribution >= 0.6 is 0 Å². The van der Waals surface area contributed by atoms with Crippen molar-refractivity contribution in [3.05, 3.63) is 304 Å². The maximum atomic E-state index is 3.46. The van der Waals surface area contributed by atoms with E-state index >= 15 is 0 Å². The van der Waals surface area contributed by atoms with Crippen LogP contribution in [0.25, 0.3) is 98.1 Å². The van der Waals surface area contributed by atoms with Crippen LogP contribution < -0.4 is 9.80 Å². The minimum atomic E-state index is 1.07. The molecule has 15 rings (SSSR count). The minimum Gasteiger partial charge on any atom is -0.308 e. The number of benzene rings is 13. The van der Waals surface area contributed by atoms with E-state index in [0.29, 0.717) is 0 Å². The van der Waals surface area contributed by atoms with Crippen LogP contribution in [0, 0.1) is 0 Å². The highest BCUT2D eigenvalue weighted by molar-refractivity contribution is 6.27. The van der Waals surface area contributed by atoms with Crippen molar-refractivity contribution in [3.63, 3.8) is 0 Å². The molecule has 0 saturated carbocycles. The summed E-state index contributed by atoms with van der Waals surface area (Å²) in [6, 6.07) is 102. The fraction of sp³-hybridized carbons (Fsp3) is 0.0133. The summed E-state index contributed by atoms with van der Waals surface area (Å²) < 4.78 is 4.90.